The molecule has 0 N–H and O–H groups in total. The van der Waals surface area contributed by atoms with E-state index in [2.05, 4.69) is 9.97 Å². The fourth-order valence-electron chi connectivity index (χ4n) is 3.02. The number of hydrogen-bond donors (Lipinski definition) is 0. The van der Waals surface area contributed by atoms with Gasteiger partial charge in [0.05, 0.1) is 18.3 Å². The normalized spacial score (nSPS) is 17.1. The van der Waals surface area contributed by atoms with Gasteiger partial charge in [0, 0.05) is 47.8 Å². The summed E-state index contributed by atoms with van der Waals surface area (Å²) in [5.41, 5.74) is 0.765. The zero-order valence-corrected chi connectivity index (χ0v) is 16.4. The molecule has 26 heavy (non-hydrogen) atoms. The third kappa shape index (κ3) is 4.91. The Bertz CT molecular complexity index is 650. The predicted octanol–water partition coefficient (Wildman–Crippen LogP) is 1.22. The molecule has 2 heterocycles. The van der Waals surface area contributed by atoms with Crippen molar-refractivity contribution >= 4 is 17.6 Å². The minimum Gasteiger partial charge on any atom is -0.375 e. The molecule has 1 aromatic heterocycles. The molecule has 0 radical (unpaired) electrons. The Balaban J connectivity index is 2.37. The first-order chi connectivity index (χ1) is 12.3. The fraction of sp³-hybridized carbons (Fsp3) is 0.667. The highest BCUT2D eigenvalue weighted by molar-refractivity contribution is 5.78. The van der Waals surface area contributed by atoms with Crippen molar-refractivity contribution in [1.29, 1.82) is 0 Å². The van der Waals surface area contributed by atoms with Crippen LogP contribution in [0.25, 0.3) is 0 Å². The van der Waals surface area contributed by atoms with Crippen molar-refractivity contribution in [3.63, 3.8) is 0 Å². The van der Waals surface area contributed by atoms with Crippen LogP contribution in [0.4, 0.5) is 5.82 Å². The summed E-state index contributed by atoms with van der Waals surface area (Å²) in [5, 5.41) is 0. The second-order valence-electron chi connectivity index (χ2n) is 6.88. The van der Waals surface area contributed by atoms with Crippen molar-refractivity contribution in [2.24, 2.45) is 0 Å². The van der Waals surface area contributed by atoms with Crippen LogP contribution in [0, 0.1) is 0 Å². The lowest BCUT2D eigenvalue weighted by atomic mass is 10.0. The number of amides is 2. The number of piperidine rings is 1. The molecule has 8 heteroatoms. The maximum atomic E-state index is 12.4. The van der Waals surface area contributed by atoms with E-state index >= 15 is 0 Å². The molecule has 144 valence electrons. The van der Waals surface area contributed by atoms with Crippen LogP contribution in [0.1, 0.15) is 43.7 Å². The van der Waals surface area contributed by atoms with Crippen LogP contribution >= 0.6 is 0 Å². The Morgan fingerprint density at radius 1 is 1.27 bits per heavy atom. The highest BCUT2D eigenvalue weighted by atomic mass is 16.5. The number of nitrogens with zero attached hydrogens (tertiary/aromatic N) is 5. The quantitative estimate of drug-likeness (QED) is 0.756. The summed E-state index contributed by atoms with van der Waals surface area (Å²) in [6.45, 7) is 2.68. The number of ether oxygens (including phenoxy) is 1. The van der Waals surface area contributed by atoms with Crippen molar-refractivity contribution in [3.8, 4) is 0 Å². The van der Waals surface area contributed by atoms with Gasteiger partial charge in [-0.25, -0.2) is 9.97 Å². The van der Waals surface area contributed by atoms with Gasteiger partial charge in [-0.05, 0) is 19.3 Å². The Morgan fingerprint density at radius 2 is 2.00 bits per heavy atom. The molecule has 1 atom stereocenters. The maximum absolute atomic E-state index is 12.4. The summed E-state index contributed by atoms with van der Waals surface area (Å²) in [5.74, 6) is 1.34. The number of carbonyl (C=O) groups excluding carboxylic acids is 2. The van der Waals surface area contributed by atoms with E-state index in [0.29, 0.717) is 18.9 Å². The third-order valence-electron chi connectivity index (χ3n) is 4.57. The van der Waals surface area contributed by atoms with E-state index in [-0.39, 0.29) is 24.5 Å². The van der Waals surface area contributed by atoms with Gasteiger partial charge >= 0.3 is 0 Å². The number of rotatable bonds is 6. The van der Waals surface area contributed by atoms with E-state index in [4.69, 9.17) is 4.74 Å². The van der Waals surface area contributed by atoms with Gasteiger partial charge in [-0.3, -0.25) is 9.59 Å². The van der Waals surface area contributed by atoms with Gasteiger partial charge in [-0.15, -0.1) is 0 Å². The molecule has 1 saturated heterocycles. The standard InChI is InChI=1S/C18H29N5O3/c1-13(24)22(4)11-14-10-16(21(2)3)20-18(19-14)15-8-6-7-9-23(15)17(25)12-26-5/h10,15H,6-9,11-12H2,1-5H3. The SMILES string of the molecule is COCC(=O)N1CCCCC1c1nc(CN(C)C(C)=O)cc(N(C)C)n1. The van der Waals surface area contributed by atoms with Gasteiger partial charge < -0.3 is 19.4 Å². The minimum atomic E-state index is -0.160. The predicted molar refractivity (Wildman–Crippen MR) is 98.7 cm³/mol. The molecule has 0 saturated carbocycles. The zero-order chi connectivity index (χ0) is 19.3. The van der Waals surface area contributed by atoms with Crippen molar-refractivity contribution in [2.45, 2.75) is 38.8 Å². The fourth-order valence-corrected chi connectivity index (χ4v) is 3.02. The van der Waals surface area contributed by atoms with E-state index in [1.165, 1.54) is 14.0 Å². The molecule has 0 bridgehead atoms. The first-order valence-corrected chi connectivity index (χ1v) is 8.88. The summed E-state index contributed by atoms with van der Waals surface area (Å²) < 4.78 is 5.02. The lowest BCUT2D eigenvalue weighted by Gasteiger charge is -2.35. The molecule has 0 aliphatic carbocycles. The van der Waals surface area contributed by atoms with Crippen LogP contribution in [-0.2, 0) is 20.9 Å². The number of likely N-dealkylation sites (tertiary alicyclic amines) is 1. The first kappa shape index (κ1) is 20.1. The van der Waals surface area contributed by atoms with Gasteiger partial charge in [0.1, 0.15) is 12.4 Å². The number of aromatic nitrogens is 2. The Hall–Kier alpha value is -2.22. The summed E-state index contributed by atoms with van der Waals surface area (Å²) >= 11 is 0. The van der Waals surface area contributed by atoms with Crippen molar-refractivity contribution in [1.82, 2.24) is 19.8 Å². The largest absolute Gasteiger partial charge is 0.375 e. The first-order valence-electron chi connectivity index (χ1n) is 8.88. The van der Waals surface area contributed by atoms with Crippen LogP contribution in [0.2, 0.25) is 0 Å². The lowest BCUT2D eigenvalue weighted by Crippen LogP contribution is -2.41. The molecule has 2 amide bonds. The van der Waals surface area contributed by atoms with Gasteiger partial charge in [0.15, 0.2) is 5.82 Å². The average molecular weight is 363 g/mol. The van der Waals surface area contributed by atoms with Crippen LogP contribution in [-0.4, -0.2) is 73.0 Å². The zero-order valence-electron chi connectivity index (χ0n) is 16.4. The minimum absolute atomic E-state index is 0.0221. The van der Waals surface area contributed by atoms with Crippen molar-refractivity contribution in [3.05, 3.63) is 17.6 Å². The van der Waals surface area contributed by atoms with Gasteiger partial charge in [-0.2, -0.15) is 0 Å². The molecule has 1 aromatic rings. The number of hydrogen-bond acceptors (Lipinski definition) is 6. The van der Waals surface area contributed by atoms with Gasteiger partial charge in [0.2, 0.25) is 11.8 Å². The molecular formula is C18H29N5O3. The van der Waals surface area contributed by atoms with Gasteiger partial charge in [0.25, 0.3) is 0 Å². The summed E-state index contributed by atoms with van der Waals surface area (Å²) in [4.78, 5) is 38.7. The van der Waals surface area contributed by atoms with Crippen LogP contribution in [0.5, 0.6) is 0 Å². The average Bonchev–Trinajstić information content (AvgIpc) is 2.61. The highest BCUT2D eigenvalue weighted by Crippen LogP contribution is 2.30. The van der Waals surface area contributed by atoms with Crippen molar-refractivity contribution in [2.75, 3.05) is 46.3 Å². The number of methoxy groups -OCH3 is 1. The molecule has 8 nitrogen and oxygen atoms in total. The molecule has 2 rings (SSSR count). The van der Waals surface area contributed by atoms with Crippen LogP contribution in [0.15, 0.2) is 6.07 Å². The lowest BCUT2D eigenvalue weighted by molar-refractivity contribution is -0.139. The smallest absolute Gasteiger partial charge is 0.249 e. The topological polar surface area (TPSA) is 78.9 Å². The molecule has 1 aliphatic rings. The molecule has 1 fully saturated rings. The summed E-state index contributed by atoms with van der Waals surface area (Å²) in [6.07, 6.45) is 2.83. The molecule has 0 aromatic carbocycles. The summed E-state index contributed by atoms with van der Waals surface area (Å²) in [7, 11) is 7.10. The third-order valence-corrected chi connectivity index (χ3v) is 4.57. The van der Waals surface area contributed by atoms with Crippen LogP contribution in [0.3, 0.4) is 0 Å². The van der Waals surface area contributed by atoms with Crippen molar-refractivity contribution < 1.29 is 14.3 Å². The second kappa shape index (κ2) is 8.93. The molecule has 0 spiro atoms. The molecule has 1 unspecified atom stereocenters. The number of carbonyl (C=O) groups is 2. The van der Waals surface area contributed by atoms with Crippen LogP contribution < -0.4 is 4.90 Å². The molecule has 1 aliphatic heterocycles. The Morgan fingerprint density at radius 3 is 2.62 bits per heavy atom. The Kier molecular flexibility index (Phi) is 6.90. The number of anilines is 1. The maximum Gasteiger partial charge on any atom is 0.249 e. The summed E-state index contributed by atoms with van der Waals surface area (Å²) in [6, 6.07) is 1.72. The van der Waals surface area contributed by atoms with E-state index in [0.717, 1.165) is 30.8 Å². The van der Waals surface area contributed by atoms with E-state index in [1.54, 1.807) is 11.9 Å². The van der Waals surface area contributed by atoms with E-state index in [9.17, 15) is 9.59 Å². The Labute approximate surface area is 155 Å². The monoisotopic (exact) mass is 363 g/mol. The van der Waals surface area contributed by atoms with Gasteiger partial charge in [-0.1, -0.05) is 0 Å². The highest BCUT2D eigenvalue weighted by Gasteiger charge is 2.30. The van der Waals surface area contributed by atoms with E-state index in [1.807, 2.05) is 30.0 Å². The van der Waals surface area contributed by atoms with E-state index < -0.39 is 0 Å². The second-order valence-corrected chi connectivity index (χ2v) is 6.88. The molecular weight excluding hydrogens is 334 g/mol.